The SMILES string of the molecule is C/C=C(/CCC(C)(O)[C@H]1CC[C@@H](C2=C[C@H](O)[C@H]3C[C@@H](O)CC[C@]3(C)C2=O)[C@]1(C)CCO)C(C)C. The van der Waals surface area contributed by atoms with Gasteiger partial charge in [-0.25, -0.2) is 0 Å². The molecule has 194 valence electrons. The molecule has 0 radical (unpaired) electrons. The van der Waals surface area contributed by atoms with Crippen LogP contribution in [-0.2, 0) is 4.79 Å². The zero-order chi connectivity index (χ0) is 25.5. The van der Waals surface area contributed by atoms with Gasteiger partial charge < -0.3 is 20.4 Å². The standard InChI is InChI=1S/C29H48O5/c1-7-19(18(2)3)10-13-29(6,34)25-9-8-22(27(25,4)14-15-30)21-17-24(32)23-16-20(31)11-12-28(23,5)26(21)33/h7,17-18,20,22-25,30-32,34H,8-16H2,1-6H3/b19-7-/t20-,22-,23+,24-,25-,27-,28-,29?/m0/s1. The van der Waals surface area contributed by atoms with Crippen molar-refractivity contribution in [2.24, 2.45) is 34.5 Å². The Morgan fingerprint density at radius 1 is 1.24 bits per heavy atom. The van der Waals surface area contributed by atoms with E-state index < -0.39 is 28.6 Å². The van der Waals surface area contributed by atoms with E-state index >= 15 is 0 Å². The molecule has 0 amide bonds. The second-order valence-electron chi connectivity index (χ2n) is 12.4. The van der Waals surface area contributed by atoms with E-state index in [2.05, 4.69) is 33.8 Å². The molecule has 1 unspecified atom stereocenters. The van der Waals surface area contributed by atoms with Crippen molar-refractivity contribution in [1.29, 1.82) is 0 Å². The molecule has 8 atom stereocenters. The van der Waals surface area contributed by atoms with Gasteiger partial charge in [-0.2, -0.15) is 0 Å². The second-order valence-corrected chi connectivity index (χ2v) is 12.4. The molecule has 3 rings (SSSR count). The van der Waals surface area contributed by atoms with E-state index in [1.54, 1.807) is 6.08 Å². The topological polar surface area (TPSA) is 98.0 Å². The van der Waals surface area contributed by atoms with Crippen LogP contribution in [0.25, 0.3) is 0 Å². The van der Waals surface area contributed by atoms with Crippen molar-refractivity contribution in [3.05, 3.63) is 23.3 Å². The summed E-state index contributed by atoms with van der Waals surface area (Å²) in [6.45, 7) is 12.4. The lowest BCUT2D eigenvalue weighted by Crippen LogP contribution is -2.52. The normalized spacial score (nSPS) is 40.8. The molecule has 5 nitrogen and oxygen atoms in total. The Morgan fingerprint density at radius 3 is 2.50 bits per heavy atom. The van der Waals surface area contributed by atoms with Gasteiger partial charge in [0.25, 0.3) is 0 Å². The highest BCUT2D eigenvalue weighted by Gasteiger charge is 2.58. The van der Waals surface area contributed by atoms with Gasteiger partial charge in [0, 0.05) is 17.9 Å². The average molecular weight is 477 g/mol. The first kappa shape index (κ1) is 27.6. The van der Waals surface area contributed by atoms with Gasteiger partial charge in [-0.1, -0.05) is 39.3 Å². The molecule has 3 aliphatic carbocycles. The van der Waals surface area contributed by atoms with Crippen LogP contribution >= 0.6 is 0 Å². The van der Waals surface area contributed by atoms with Crippen molar-refractivity contribution >= 4 is 5.78 Å². The third-order valence-electron chi connectivity index (χ3n) is 10.0. The molecule has 2 saturated carbocycles. The monoisotopic (exact) mass is 476 g/mol. The molecule has 0 aromatic carbocycles. The summed E-state index contributed by atoms with van der Waals surface area (Å²) in [5.41, 5.74) is 0.00509. The number of rotatable bonds is 8. The number of carbonyl (C=O) groups is 1. The van der Waals surface area contributed by atoms with Crippen LogP contribution in [0.4, 0.5) is 0 Å². The first-order valence-corrected chi connectivity index (χ1v) is 13.4. The fraction of sp³-hybridized carbons (Fsp3) is 0.828. The van der Waals surface area contributed by atoms with Gasteiger partial charge in [0.1, 0.15) is 0 Å². The average Bonchev–Trinajstić information content (AvgIpc) is 3.10. The van der Waals surface area contributed by atoms with Crippen molar-refractivity contribution in [3.8, 4) is 0 Å². The van der Waals surface area contributed by atoms with Gasteiger partial charge in [0.05, 0.1) is 17.8 Å². The quantitative estimate of drug-likeness (QED) is 0.385. The summed E-state index contributed by atoms with van der Waals surface area (Å²) < 4.78 is 0. The molecule has 0 saturated heterocycles. The summed E-state index contributed by atoms with van der Waals surface area (Å²) in [6, 6.07) is 0. The summed E-state index contributed by atoms with van der Waals surface area (Å²) in [5, 5.41) is 42.9. The van der Waals surface area contributed by atoms with E-state index in [9.17, 15) is 25.2 Å². The van der Waals surface area contributed by atoms with Crippen LogP contribution in [0, 0.1) is 34.5 Å². The molecule has 0 aromatic heterocycles. The van der Waals surface area contributed by atoms with Crippen molar-refractivity contribution in [2.75, 3.05) is 6.61 Å². The summed E-state index contributed by atoms with van der Waals surface area (Å²) in [6.07, 6.45) is 7.85. The Bertz CT molecular complexity index is 811. The van der Waals surface area contributed by atoms with Crippen LogP contribution in [-0.4, -0.2) is 50.6 Å². The predicted octanol–water partition coefficient (Wildman–Crippen LogP) is 4.57. The van der Waals surface area contributed by atoms with E-state index in [-0.39, 0.29) is 30.1 Å². The number of aliphatic hydroxyl groups is 4. The van der Waals surface area contributed by atoms with Crippen LogP contribution in [0.5, 0.6) is 0 Å². The van der Waals surface area contributed by atoms with Crippen LogP contribution in [0.2, 0.25) is 0 Å². The number of aliphatic hydroxyl groups excluding tert-OH is 3. The molecule has 0 heterocycles. The number of allylic oxidation sites excluding steroid dienone is 3. The van der Waals surface area contributed by atoms with E-state index in [4.69, 9.17) is 0 Å². The zero-order valence-electron chi connectivity index (χ0n) is 22.2. The summed E-state index contributed by atoms with van der Waals surface area (Å²) in [5.74, 6) is 0.128. The summed E-state index contributed by atoms with van der Waals surface area (Å²) in [7, 11) is 0. The smallest absolute Gasteiger partial charge is 0.165 e. The maximum Gasteiger partial charge on any atom is 0.165 e. The van der Waals surface area contributed by atoms with Crippen LogP contribution in [0.3, 0.4) is 0 Å². The molecule has 5 heteroatoms. The number of ketones is 1. The minimum Gasteiger partial charge on any atom is -0.396 e. The molecular weight excluding hydrogens is 428 g/mol. The molecule has 4 N–H and O–H groups in total. The zero-order valence-corrected chi connectivity index (χ0v) is 22.2. The van der Waals surface area contributed by atoms with Crippen LogP contribution in [0.1, 0.15) is 92.9 Å². The Kier molecular flexibility index (Phi) is 8.24. The molecule has 0 aromatic rings. The highest BCUT2D eigenvalue weighted by Crippen LogP contribution is 2.60. The van der Waals surface area contributed by atoms with Gasteiger partial charge in [0.2, 0.25) is 0 Å². The third-order valence-corrected chi connectivity index (χ3v) is 10.0. The van der Waals surface area contributed by atoms with Crippen molar-refractivity contribution in [3.63, 3.8) is 0 Å². The van der Waals surface area contributed by atoms with Gasteiger partial charge in [-0.3, -0.25) is 4.79 Å². The fourth-order valence-corrected chi connectivity index (χ4v) is 7.80. The number of carbonyl (C=O) groups excluding carboxylic acids is 1. The van der Waals surface area contributed by atoms with E-state index in [1.165, 1.54) is 5.57 Å². The van der Waals surface area contributed by atoms with Crippen molar-refractivity contribution in [2.45, 2.75) is 111 Å². The number of hydrogen-bond donors (Lipinski definition) is 4. The van der Waals surface area contributed by atoms with Crippen molar-refractivity contribution in [1.82, 2.24) is 0 Å². The maximum atomic E-state index is 13.9. The second kappa shape index (κ2) is 10.2. The van der Waals surface area contributed by atoms with Gasteiger partial charge in [-0.05, 0) is 100 Å². The fourth-order valence-electron chi connectivity index (χ4n) is 7.80. The van der Waals surface area contributed by atoms with E-state index in [1.807, 2.05) is 13.8 Å². The highest BCUT2D eigenvalue weighted by atomic mass is 16.3. The maximum absolute atomic E-state index is 13.9. The van der Waals surface area contributed by atoms with Gasteiger partial charge in [0.15, 0.2) is 5.78 Å². The lowest BCUT2D eigenvalue weighted by molar-refractivity contribution is -0.138. The Morgan fingerprint density at radius 2 is 1.91 bits per heavy atom. The van der Waals surface area contributed by atoms with Crippen molar-refractivity contribution < 1.29 is 25.2 Å². The molecule has 0 aliphatic heterocycles. The third kappa shape index (κ3) is 4.83. The minimum absolute atomic E-state index is 0.00178. The largest absolute Gasteiger partial charge is 0.396 e. The summed E-state index contributed by atoms with van der Waals surface area (Å²) in [4.78, 5) is 13.9. The highest BCUT2D eigenvalue weighted by molar-refractivity contribution is 6.01. The number of fused-ring (bicyclic) bond motifs is 1. The first-order chi connectivity index (χ1) is 15.8. The Hall–Kier alpha value is -1.01. The van der Waals surface area contributed by atoms with Gasteiger partial charge in [-0.15, -0.1) is 0 Å². The molecule has 3 aliphatic rings. The van der Waals surface area contributed by atoms with Crippen LogP contribution in [0.15, 0.2) is 23.3 Å². The minimum atomic E-state index is -0.917. The number of Topliss-reactive ketones (excluding diaryl/α,β-unsaturated/α-hetero) is 1. The number of hydrogen-bond acceptors (Lipinski definition) is 5. The van der Waals surface area contributed by atoms with E-state index in [0.29, 0.717) is 43.6 Å². The predicted molar refractivity (Wildman–Crippen MR) is 135 cm³/mol. The first-order valence-electron chi connectivity index (χ1n) is 13.4. The molecular formula is C29H48O5. The van der Waals surface area contributed by atoms with Gasteiger partial charge >= 0.3 is 0 Å². The Labute approximate surface area is 206 Å². The van der Waals surface area contributed by atoms with E-state index in [0.717, 1.165) is 19.3 Å². The summed E-state index contributed by atoms with van der Waals surface area (Å²) >= 11 is 0. The van der Waals surface area contributed by atoms with Crippen LogP contribution < -0.4 is 0 Å². The lowest BCUT2D eigenvalue weighted by Gasteiger charge is -2.50. The Balaban J connectivity index is 1.91. The lowest BCUT2D eigenvalue weighted by atomic mass is 9.55. The molecule has 34 heavy (non-hydrogen) atoms. The molecule has 0 bridgehead atoms. The molecule has 0 spiro atoms. The molecule has 2 fully saturated rings.